The molecule has 1 heterocycles. The second-order valence-electron chi connectivity index (χ2n) is 2.77. The van der Waals surface area contributed by atoms with Crippen LogP contribution >= 0.6 is 0 Å². The third-order valence-corrected chi connectivity index (χ3v) is 1.95. The smallest absolute Gasteiger partial charge is 0.408 e. The van der Waals surface area contributed by atoms with Crippen LogP contribution in [0.2, 0.25) is 0 Å². The summed E-state index contributed by atoms with van der Waals surface area (Å²) in [5.41, 5.74) is 1.63. The Morgan fingerprint density at radius 2 is 2.23 bits per heavy atom. The number of aryl methyl sites for hydroxylation is 1. The van der Waals surface area contributed by atoms with Gasteiger partial charge in [0.2, 0.25) is 0 Å². The van der Waals surface area contributed by atoms with E-state index in [-0.39, 0.29) is 0 Å². The first-order chi connectivity index (χ1) is 6.22. The van der Waals surface area contributed by atoms with Crippen LogP contribution in [0, 0.1) is 0 Å². The molecule has 0 aliphatic carbocycles. The highest BCUT2D eigenvalue weighted by molar-refractivity contribution is 5.83. The van der Waals surface area contributed by atoms with Crippen molar-refractivity contribution in [3.63, 3.8) is 0 Å². The van der Waals surface area contributed by atoms with Gasteiger partial charge in [0.1, 0.15) is 6.29 Å². The number of oxazole rings is 1. The van der Waals surface area contributed by atoms with Crippen LogP contribution in [-0.2, 0) is 7.05 Å². The third kappa shape index (κ3) is 1.07. The zero-order valence-electron chi connectivity index (χ0n) is 6.98. The van der Waals surface area contributed by atoms with Gasteiger partial charge in [0.15, 0.2) is 5.58 Å². The fourth-order valence-corrected chi connectivity index (χ4v) is 1.22. The lowest BCUT2D eigenvalue weighted by molar-refractivity contribution is 0.112. The summed E-state index contributed by atoms with van der Waals surface area (Å²) in [5, 5.41) is 0. The molecule has 0 radical (unpaired) electrons. The Morgan fingerprint density at radius 1 is 1.46 bits per heavy atom. The van der Waals surface area contributed by atoms with E-state index in [4.69, 9.17) is 4.42 Å². The fraction of sp³-hybridized carbons (Fsp3) is 0.111. The van der Waals surface area contributed by atoms with Crippen molar-refractivity contribution in [2.45, 2.75) is 0 Å². The molecular weight excluding hydrogens is 170 g/mol. The average molecular weight is 177 g/mol. The lowest BCUT2D eigenvalue weighted by atomic mass is 10.2. The number of carbonyl (C=O) groups excluding carboxylic acids is 1. The zero-order valence-corrected chi connectivity index (χ0v) is 6.98. The lowest BCUT2D eigenvalue weighted by Crippen LogP contribution is -2.08. The molecule has 0 amide bonds. The highest BCUT2D eigenvalue weighted by Gasteiger charge is 2.05. The number of benzene rings is 1. The first-order valence-electron chi connectivity index (χ1n) is 3.77. The van der Waals surface area contributed by atoms with E-state index in [0.29, 0.717) is 22.9 Å². The highest BCUT2D eigenvalue weighted by Crippen LogP contribution is 2.12. The van der Waals surface area contributed by atoms with Crippen LogP contribution in [0.3, 0.4) is 0 Å². The Morgan fingerprint density at radius 3 is 2.92 bits per heavy atom. The van der Waals surface area contributed by atoms with E-state index in [2.05, 4.69) is 0 Å². The van der Waals surface area contributed by atoms with Crippen molar-refractivity contribution in [2.24, 2.45) is 7.05 Å². The molecule has 0 spiro atoms. The second-order valence-corrected chi connectivity index (χ2v) is 2.77. The Kier molecular flexibility index (Phi) is 1.55. The topological polar surface area (TPSA) is 52.2 Å². The van der Waals surface area contributed by atoms with E-state index >= 15 is 0 Å². The summed E-state index contributed by atoms with van der Waals surface area (Å²) in [7, 11) is 1.62. The van der Waals surface area contributed by atoms with Crippen molar-refractivity contribution in [1.29, 1.82) is 0 Å². The SMILES string of the molecule is Cn1c(=O)oc2cc(C=O)ccc21. The van der Waals surface area contributed by atoms with Crippen LogP contribution in [0.25, 0.3) is 11.1 Å². The van der Waals surface area contributed by atoms with Crippen LogP contribution in [-0.4, -0.2) is 10.9 Å². The highest BCUT2D eigenvalue weighted by atomic mass is 16.4. The second kappa shape index (κ2) is 2.58. The van der Waals surface area contributed by atoms with Crippen LogP contribution < -0.4 is 5.76 Å². The van der Waals surface area contributed by atoms with Gasteiger partial charge in [0.05, 0.1) is 5.52 Å². The molecule has 4 heteroatoms. The molecule has 2 rings (SSSR count). The fourth-order valence-electron chi connectivity index (χ4n) is 1.22. The summed E-state index contributed by atoms with van der Waals surface area (Å²) in [6.07, 6.45) is 0.715. The van der Waals surface area contributed by atoms with Crippen LogP contribution in [0.4, 0.5) is 0 Å². The van der Waals surface area contributed by atoms with Gasteiger partial charge in [-0.05, 0) is 18.2 Å². The number of aromatic nitrogens is 1. The number of fused-ring (bicyclic) bond motifs is 1. The minimum Gasteiger partial charge on any atom is -0.408 e. The summed E-state index contributed by atoms with van der Waals surface area (Å²) < 4.78 is 6.28. The molecule has 1 aromatic carbocycles. The average Bonchev–Trinajstić information content (AvgIpc) is 2.42. The molecule has 4 nitrogen and oxygen atoms in total. The molecule has 1 aromatic heterocycles. The van der Waals surface area contributed by atoms with Gasteiger partial charge in [-0.15, -0.1) is 0 Å². The molecule has 0 unspecified atom stereocenters. The Hall–Kier alpha value is -1.84. The van der Waals surface area contributed by atoms with Gasteiger partial charge in [-0.25, -0.2) is 4.79 Å². The number of rotatable bonds is 1. The molecule has 0 N–H and O–H groups in total. The van der Waals surface area contributed by atoms with Crippen LogP contribution in [0.15, 0.2) is 27.4 Å². The molecule has 0 atom stereocenters. The molecule has 0 saturated heterocycles. The maximum absolute atomic E-state index is 11.0. The predicted octanol–water partition coefficient (Wildman–Crippen LogP) is 0.944. The molecule has 2 aromatic rings. The number of hydrogen-bond acceptors (Lipinski definition) is 3. The molecular formula is C9H7NO3. The Labute approximate surface area is 73.4 Å². The maximum Gasteiger partial charge on any atom is 0.419 e. The van der Waals surface area contributed by atoms with Crippen molar-refractivity contribution >= 4 is 17.4 Å². The van der Waals surface area contributed by atoms with Gasteiger partial charge in [-0.2, -0.15) is 0 Å². The molecule has 0 bridgehead atoms. The van der Waals surface area contributed by atoms with E-state index in [1.807, 2.05) is 0 Å². The van der Waals surface area contributed by atoms with Crippen molar-refractivity contribution in [2.75, 3.05) is 0 Å². The van der Waals surface area contributed by atoms with E-state index in [9.17, 15) is 9.59 Å². The van der Waals surface area contributed by atoms with Crippen molar-refractivity contribution in [3.8, 4) is 0 Å². The number of nitrogens with zero attached hydrogens (tertiary/aromatic N) is 1. The van der Waals surface area contributed by atoms with Crippen molar-refractivity contribution in [3.05, 3.63) is 34.3 Å². The Balaban J connectivity index is 2.87. The van der Waals surface area contributed by atoms with Gasteiger partial charge >= 0.3 is 5.76 Å². The minimum absolute atomic E-state index is 0.418. The summed E-state index contributed by atoms with van der Waals surface area (Å²) in [6, 6.07) is 4.87. The van der Waals surface area contributed by atoms with Crippen LogP contribution in [0.5, 0.6) is 0 Å². The van der Waals surface area contributed by atoms with Crippen molar-refractivity contribution < 1.29 is 9.21 Å². The molecule has 0 fully saturated rings. The van der Waals surface area contributed by atoms with Gasteiger partial charge in [0.25, 0.3) is 0 Å². The van der Waals surface area contributed by atoms with Crippen molar-refractivity contribution in [1.82, 2.24) is 4.57 Å². The molecule has 13 heavy (non-hydrogen) atoms. The van der Waals surface area contributed by atoms with Crippen LogP contribution in [0.1, 0.15) is 10.4 Å². The molecule has 0 aliphatic rings. The van der Waals surface area contributed by atoms with Gasteiger partial charge in [0, 0.05) is 12.6 Å². The summed E-state index contributed by atoms with van der Waals surface area (Å²) in [6.45, 7) is 0. The van der Waals surface area contributed by atoms with E-state index in [1.165, 1.54) is 4.57 Å². The Bertz CT molecular complexity index is 521. The first kappa shape index (κ1) is 7.79. The monoisotopic (exact) mass is 177 g/mol. The predicted molar refractivity (Wildman–Crippen MR) is 46.8 cm³/mol. The van der Waals surface area contributed by atoms with Gasteiger partial charge in [-0.1, -0.05) is 0 Å². The van der Waals surface area contributed by atoms with E-state index < -0.39 is 5.76 Å². The summed E-state index contributed by atoms with van der Waals surface area (Å²) in [5.74, 6) is -0.418. The lowest BCUT2D eigenvalue weighted by Gasteiger charge is -1.91. The summed E-state index contributed by atoms with van der Waals surface area (Å²) in [4.78, 5) is 21.5. The first-order valence-corrected chi connectivity index (χ1v) is 3.77. The van der Waals surface area contributed by atoms with E-state index in [0.717, 1.165) is 0 Å². The number of aldehydes is 1. The maximum atomic E-state index is 11.0. The standard InChI is InChI=1S/C9H7NO3/c1-10-7-3-2-6(5-11)4-8(7)13-9(10)12/h2-5H,1H3. The zero-order chi connectivity index (χ0) is 9.42. The quantitative estimate of drug-likeness (QED) is 0.609. The number of carbonyl (C=O) groups is 1. The summed E-state index contributed by atoms with van der Waals surface area (Å²) >= 11 is 0. The molecule has 0 saturated carbocycles. The molecule has 0 aliphatic heterocycles. The minimum atomic E-state index is -0.418. The van der Waals surface area contributed by atoms with E-state index in [1.54, 1.807) is 25.2 Å². The third-order valence-electron chi connectivity index (χ3n) is 1.95. The largest absolute Gasteiger partial charge is 0.419 e. The molecule has 66 valence electrons. The number of hydrogen-bond donors (Lipinski definition) is 0. The van der Waals surface area contributed by atoms with Gasteiger partial charge < -0.3 is 4.42 Å². The van der Waals surface area contributed by atoms with Gasteiger partial charge in [-0.3, -0.25) is 9.36 Å². The normalized spacial score (nSPS) is 10.5.